The van der Waals surface area contributed by atoms with E-state index in [2.05, 4.69) is 11.1 Å². The second-order valence-electron chi connectivity index (χ2n) is 12.8. The van der Waals surface area contributed by atoms with Crippen molar-refractivity contribution in [3.63, 3.8) is 0 Å². The van der Waals surface area contributed by atoms with Crippen molar-refractivity contribution in [2.45, 2.75) is 52.2 Å². The molecular weight excluding hydrogens is 672 g/mol. The van der Waals surface area contributed by atoms with Gasteiger partial charge in [-0.2, -0.15) is 5.26 Å². The van der Waals surface area contributed by atoms with E-state index in [0.717, 1.165) is 27.8 Å². The number of nitrogens with zero attached hydrogens (tertiary/aromatic N) is 4. The largest absolute Gasteiger partial charge is 0.488 e. The van der Waals surface area contributed by atoms with E-state index in [9.17, 15) is 25.1 Å². The standard InChI is InChI=1S/C39H39ClN4O7/c1-24-28(5-3-6-31(24)32-7-4-8-33(25(32)2)38(46)43-9-11-49-12-10-43)23-51-37-16-36(50-22-27-13-26(17-41)18-42-19-27)29(14-34(37)40)20-44-21-30(45)15-35(44)39(47)48/h3-8,13-14,16,18-19,30,35,45H,9-12,15,20-23H2,1-2H3,(H,47,48)/t30-,35+/m1/s1. The smallest absolute Gasteiger partial charge is 0.321 e. The van der Waals surface area contributed by atoms with Gasteiger partial charge < -0.3 is 29.3 Å². The normalized spacial score (nSPS) is 17.6. The van der Waals surface area contributed by atoms with Crippen LogP contribution in [-0.2, 0) is 29.3 Å². The van der Waals surface area contributed by atoms with Crippen LogP contribution in [0, 0.1) is 25.2 Å². The maximum Gasteiger partial charge on any atom is 0.321 e. The summed E-state index contributed by atoms with van der Waals surface area (Å²) in [7, 11) is 0. The number of aliphatic hydroxyl groups excluding tert-OH is 1. The highest BCUT2D eigenvalue weighted by molar-refractivity contribution is 6.32. The average Bonchev–Trinajstić information content (AvgIpc) is 3.51. The first-order valence-corrected chi connectivity index (χ1v) is 17.1. The zero-order valence-corrected chi connectivity index (χ0v) is 29.2. The van der Waals surface area contributed by atoms with Crippen LogP contribution < -0.4 is 9.47 Å². The molecule has 2 N–H and O–H groups in total. The lowest BCUT2D eigenvalue weighted by Crippen LogP contribution is -2.41. The lowest BCUT2D eigenvalue weighted by molar-refractivity contribution is -0.142. The van der Waals surface area contributed by atoms with Crippen molar-refractivity contribution in [1.82, 2.24) is 14.8 Å². The first kappa shape index (κ1) is 35.8. The summed E-state index contributed by atoms with van der Waals surface area (Å²) in [6.07, 6.45) is 2.44. The summed E-state index contributed by atoms with van der Waals surface area (Å²) in [5.74, 6) is -0.221. The maximum atomic E-state index is 13.4. The third-order valence-electron chi connectivity index (χ3n) is 9.46. The number of amides is 1. The predicted molar refractivity (Wildman–Crippen MR) is 190 cm³/mol. The molecule has 0 spiro atoms. The molecule has 51 heavy (non-hydrogen) atoms. The van der Waals surface area contributed by atoms with E-state index in [0.29, 0.717) is 65.1 Å². The molecule has 0 saturated carbocycles. The first-order chi connectivity index (χ1) is 24.6. The van der Waals surface area contributed by atoms with Crippen LogP contribution in [0.15, 0.2) is 67.0 Å². The Morgan fingerprint density at radius 2 is 1.71 bits per heavy atom. The minimum atomic E-state index is -1.01. The molecule has 0 unspecified atom stereocenters. The average molecular weight is 711 g/mol. The van der Waals surface area contributed by atoms with Gasteiger partial charge in [-0.15, -0.1) is 0 Å². The monoisotopic (exact) mass is 710 g/mol. The first-order valence-electron chi connectivity index (χ1n) is 16.8. The van der Waals surface area contributed by atoms with E-state index in [4.69, 9.17) is 25.8 Å². The number of aromatic nitrogens is 1. The fourth-order valence-electron chi connectivity index (χ4n) is 6.65. The Kier molecular flexibility index (Phi) is 11.2. The highest BCUT2D eigenvalue weighted by atomic mass is 35.5. The third kappa shape index (κ3) is 8.16. The molecule has 0 radical (unpaired) electrons. The van der Waals surface area contributed by atoms with Crippen molar-refractivity contribution in [1.29, 1.82) is 5.26 Å². The number of hydrogen-bond donors (Lipinski definition) is 2. The molecule has 0 bridgehead atoms. The number of carbonyl (C=O) groups is 2. The Labute approximate surface area is 301 Å². The number of ether oxygens (including phenoxy) is 3. The fourth-order valence-corrected chi connectivity index (χ4v) is 6.89. The molecule has 3 aromatic carbocycles. The molecule has 2 atom stereocenters. The minimum Gasteiger partial charge on any atom is -0.488 e. The lowest BCUT2D eigenvalue weighted by atomic mass is 9.91. The van der Waals surface area contributed by atoms with Gasteiger partial charge in [0.15, 0.2) is 0 Å². The number of β-amino-alcohol motifs (C(OH)–C–C–N with tert-alkyl or cyclic N) is 1. The quantitative estimate of drug-likeness (QED) is 0.204. The number of nitriles is 1. The SMILES string of the molecule is Cc1c(COc2cc(OCc3cncc(C#N)c3)c(CN3C[C@H](O)C[C@H]3C(=O)O)cc2Cl)cccc1-c1cccc(C(=O)N2CCOCC2)c1C. The van der Waals surface area contributed by atoms with Gasteiger partial charge in [-0.25, -0.2) is 0 Å². The highest BCUT2D eigenvalue weighted by Gasteiger charge is 2.36. The summed E-state index contributed by atoms with van der Waals surface area (Å²) in [6, 6.07) is 18.1. The second kappa shape index (κ2) is 15.9. The van der Waals surface area contributed by atoms with Gasteiger partial charge in [0.25, 0.3) is 5.91 Å². The molecule has 6 rings (SSSR count). The van der Waals surface area contributed by atoms with Gasteiger partial charge in [-0.1, -0.05) is 41.9 Å². The van der Waals surface area contributed by atoms with Crippen LogP contribution in [0.2, 0.25) is 5.02 Å². The number of aliphatic carboxylic acids is 1. The number of likely N-dealkylation sites (tertiary alicyclic amines) is 1. The molecule has 0 aliphatic carbocycles. The topological polar surface area (TPSA) is 145 Å². The van der Waals surface area contributed by atoms with Crippen molar-refractivity contribution in [3.05, 3.63) is 111 Å². The van der Waals surface area contributed by atoms with Crippen LogP contribution in [0.3, 0.4) is 0 Å². The Morgan fingerprint density at radius 3 is 2.45 bits per heavy atom. The van der Waals surface area contributed by atoms with Gasteiger partial charge >= 0.3 is 5.97 Å². The van der Waals surface area contributed by atoms with Gasteiger partial charge in [-0.3, -0.25) is 19.5 Å². The van der Waals surface area contributed by atoms with E-state index in [1.807, 2.05) is 55.1 Å². The number of rotatable bonds is 11. The summed E-state index contributed by atoms with van der Waals surface area (Å²) >= 11 is 6.78. The molecule has 4 aromatic rings. The van der Waals surface area contributed by atoms with E-state index in [-0.39, 0.29) is 38.6 Å². The second-order valence-corrected chi connectivity index (χ2v) is 13.2. The van der Waals surface area contributed by atoms with Gasteiger partial charge in [0.05, 0.1) is 29.9 Å². The van der Waals surface area contributed by atoms with Gasteiger partial charge in [0.1, 0.15) is 36.8 Å². The number of benzene rings is 3. The molecule has 3 heterocycles. The molecular formula is C39H39ClN4O7. The summed E-state index contributed by atoms with van der Waals surface area (Å²) in [5.41, 5.74) is 7.15. The molecule has 2 fully saturated rings. The summed E-state index contributed by atoms with van der Waals surface area (Å²) < 4.78 is 18.0. The van der Waals surface area contributed by atoms with Crippen molar-refractivity contribution >= 4 is 23.5 Å². The Morgan fingerprint density at radius 1 is 0.980 bits per heavy atom. The van der Waals surface area contributed by atoms with E-state index >= 15 is 0 Å². The molecule has 12 heteroatoms. The molecule has 1 aromatic heterocycles. The molecule has 2 aliphatic heterocycles. The fraction of sp³-hybridized carbons (Fsp3) is 0.333. The van der Waals surface area contributed by atoms with Crippen LogP contribution in [0.25, 0.3) is 11.1 Å². The van der Waals surface area contributed by atoms with E-state index in [1.54, 1.807) is 29.3 Å². The van der Waals surface area contributed by atoms with Crippen molar-refractivity contribution < 1.29 is 34.0 Å². The number of aliphatic hydroxyl groups is 1. The number of halogens is 1. The number of carboxylic acids is 1. The number of morpholine rings is 1. The zero-order chi connectivity index (χ0) is 36.1. The summed E-state index contributed by atoms with van der Waals surface area (Å²) in [6.45, 7) is 6.86. The Bertz CT molecular complexity index is 1970. The molecule has 1 amide bonds. The van der Waals surface area contributed by atoms with Crippen molar-refractivity contribution in [3.8, 4) is 28.7 Å². The third-order valence-corrected chi connectivity index (χ3v) is 9.75. The van der Waals surface area contributed by atoms with Crippen LogP contribution >= 0.6 is 11.6 Å². The maximum absolute atomic E-state index is 13.4. The molecule has 264 valence electrons. The Balaban J connectivity index is 1.25. The van der Waals surface area contributed by atoms with Gasteiger partial charge in [0, 0.05) is 67.8 Å². The number of pyridine rings is 1. The van der Waals surface area contributed by atoms with Crippen molar-refractivity contribution in [2.75, 3.05) is 32.8 Å². The van der Waals surface area contributed by atoms with Gasteiger partial charge in [-0.05, 0) is 59.9 Å². The summed E-state index contributed by atoms with van der Waals surface area (Å²) in [4.78, 5) is 32.9. The Hall–Kier alpha value is -4.99. The predicted octanol–water partition coefficient (Wildman–Crippen LogP) is 5.54. The molecule has 2 saturated heterocycles. The van der Waals surface area contributed by atoms with Gasteiger partial charge in [0.2, 0.25) is 0 Å². The summed E-state index contributed by atoms with van der Waals surface area (Å²) in [5, 5.41) is 29.6. The number of carboxylic acid groups (broad SMARTS) is 1. The van der Waals surface area contributed by atoms with Crippen LogP contribution in [0.4, 0.5) is 0 Å². The number of carbonyl (C=O) groups excluding carboxylic acids is 1. The minimum absolute atomic E-state index is 0.000625. The van der Waals surface area contributed by atoms with E-state index < -0.39 is 18.1 Å². The number of hydrogen-bond acceptors (Lipinski definition) is 9. The van der Waals surface area contributed by atoms with Crippen molar-refractivity contribution in [2.24, 2.45) is 0 Å². The van der Waals surface area contributed by atoms with Crippen LogP contribution in [-0.4, -0.2) is 81.9 Å². The highest BCUT2D eigenvalue weighted by Crippen LogP contribution is 2.37. The van der Waals surface area contributed by atoms with Crippen LogP contribution in [0.1, 0.15) is 50.2 Å². The molecule has 2 aliphatic rings. The van der Waals surface area contributed by atoms with E-state index in [1.165, 1.54) is 6.20 Å². The zero-order valence-electron chi connectivity index (χ0n) is 28.5. The van der Waals surface area contributed by atoms with Crippen LogP contribution in [0.5, 0.6) is 11.5 Å². The molecule has 11 nitrogen and oxygen atoms in total. The lowest BCUT2D eigenvalue weighted by Gasteiger charge is -2.28.